The number of benzene rings is 1. The summed E-state index contributed by atoms with van der Waals surface area (Å²) in [7, 11) is 0. The zero-order valence-electron chi connectivity index (χ0n) is 14.7. The quantitative estimate of drug-likeness (QED) is 0.695. The van der Waals surface area contributed by atoms with E-state index in [2.05, 4.69) is 15.4 Å². The molecule has 0 radical (unpaired) electrons. The van der Waals surface area contributed by atoms with Gasteiger partial charge in [0.15, 0.2) is 0 Å². The molecule has 0 bridgehead atoms. The highest BCUT2D eigenvalue weighted by atomic mass is 35.5. The Kier molecular flexibility index (Phi) is 5.29. The molecule has 1 aromatic carbocycles. The number of aromatic nitrogens is 3. The number of rotatable bonds is 5. The number of hydrogen-bond donors (Lipinski definition) is 2. The van der Waals surface area contributed by atoms with E-state index in [0.717, 1.165) is 17.0 Å². The molecular weight excluding hydrogens is 372 g/mol. The molecule has 0 unspecified atom stereocenters. The van der Waals surface area contributed by atoms with Crippen molar-refractivity contribution in [2.45, 2.75) is 33.6 Å². The van der Waals surface area contributed by atoms with Crippen molar-refractivity contribution in [1.29, 1.82) is 0 Å². The van der Waals surface area contributed by atoms with E-state index in [4.69, 9.17) is 11.6 Å². The highest BCUT2D eigenvalue weighted by Crippen LogP contribution is 2.20. The van der Waals surface area contributed by atoms with E-state index in [9.17, 15) is 9.59 Å². The molecule has 0 spiro atoms. The second-order valence-electron chi connectivity index (χ2n) is 6.13. The fourth-order valence-corrected chi connectivity index (χ4v) is 3.57. The lowest BCUT2D eigenvalue weighted by Crippen LogP contribution is -2.19. The van der Waals surface area contributed by atoms with Crippen LogP contribution in [0.3, 0.4) is 0 Å². The first kappa shape index (κ1) is 18.4. The third-order valence-electron chi connectivity index (χ3n) is 4.07. The van der Waals surface area contributed by atoms with Gasteiger partial charge in [0, 0.05) is 33.8 Å². The molecule has 6 nitrogen and oxygen atoms in total. The zero-order chi connectivity index (χ0) is 18.8. The van der Waals surface area contributed by atoms with E-state index in [1.165, 1.54) is 16.0 Å². The smallest absolute Gasteiger partial charge is 0.276 e. The molecule has 2 aromatic heterocycles. The summed E-state index contributed by atoms with van der Waals surface area (Å²) in [5, 5.41) is 8.93. The Balaban J connectivity index is 1.72. The minimum Gasteiger partial charge on any atom is -0.326 e. The first-order chi connectivity index (χ1) is 12.3. The number of carbonyl (C=O) groups is 1. The summed E-state index contributed by atoms with van der Waals surface area (Å²) < 4.78 is 1.43. The van der Waals surface area contributed by atoms with Crippen LogP contribution in [0.25, 0.3) is 5.13 Å². The lowest BCUT2D eigenvalue weighted by atomic mass is 10.1. The van der Waals surface area contributed by atoms with Crippen LogP contribution < -0.4 is 10.9 Å². The molecule has 26 heavy (non-hydrogen) atoms. The molecule has 3 rings (SSSR count). The molecule has 0 aliphatic heterocycles. The van der Waals surface area contributed by atoms with E-state index in [0.29, 0.717) is 27.8 Å². The van der Waals surface area contributed by atoms with Crippen molar-refractivity contribution in [3.8, 4) is 5.13 Å². The Morgan fingerprint density at radius 1 is 1.35 bits per heavy atom. The number of aromatic amines is 1. The molecule has 2 N–H and O–H groups in total. The van der Waals surface area contributed by atoms with Crippen LogP contribution in [0.4, 0.5) is 5.69 Å². The maximum absolute atomic E-state index is 12.6. The number of carbonyl (C=O) groups excluding carboxylic acids is 1. The van der Waals surface area contributed by atoms with Crippen LogP contribution in [0.5, 0.6) is 0 Å². The predicted octanol–water partition coefficient (Wildman–Crippen LogP) is 3.77. The van der Waals surface area contributed by atoms with Crippen LogP contribution in [0.1, 0.15) is 28.9 Å². The van der Waals surface area contributed by atoms with Gasteiger partial charge in [0.25, 0.3) is 5.56 Å². The lowest BCUT2D eigenvalue weighted by molar-refractivity contribution is -0.116. The Morgan fingerprint density at radius 3 is 2.81 bits per heavy atom. The average molecular weight is 391 g/mol. The summed E-state index contributed by atoms with van der Waals surface area (Å²) in [4.78, 5) is 29.2. The number of hydrogen-bond acceptors (Lipinski definition) is 4. The number of halogens is 1. The minimum atomic E-state index is -0.163. The predicted molar refractivity (Wildman–Crippen MR) is 105 cm³/mol. The van der Waals surface area contributed by atoms with E-state index < -0.39 is 0 Å². The molecule has 0 aliphatic carbocycles. The van der Waals surface area contributed by atoms with Crippen molar-refractivity contribution in [3.05, 3.63) is 61.5 Å². The molecule has 0 saturated heterocycles. The van der Waals surface area contributed by atoms with E-state index in [1.54, 1.807) is 12.1 Å². The van der Waals surface area contributed by atoms with E-state index in [1.807, 2.05) is 32.2 Å². The zero-order valence-corrected chi connectivity index (χ0v) is 16.3. The van der Waals surface area contributed by atoms with Crippen molar-refractivity contribution < 1.29 is 4.79 Å². The third-order valence-corrected chi connectivity index (χ3v) is 5.25. The van der Waals surface area contributed by atoms with Gasteiger partial charge in [-0.1, -0.05) is 17.7 Å². The van der Waals surface area contributed by atoms with E-state index in [-0.39, 0.29) is 17.9 Å². The molecule has 1 amide bonds. The Labute approximate surface area is 159 Å². The first-order valence-corrected chi connectivity index (χ1v) is 9.40. The maximum Gasteiger partial charge on any atom is 0.276 e. The normalized spacial score (nSPS) is 10.9. The monoisotopic (exact) mass is 390 g/mol. The highest BCUT2D eigenvalue weighted by Gasteiger charge is 2.16. The van der Waals surface area contributed by atoms with Gasteiger partial charge in [-0.05, 0) is 44.9 Å². The van der Waals surface area contributed by atoms with Gasteiger partial charge in [0.1, 0.15) is 0 Å². The van der Waals surface area contributed by atoms with Crippen LogP contribution in [0, 0.1) is 20.8 Å². The average Bonchev–Trinajstić information content (AvgIpc) is 3.13. The fourth-order valence-electron chi connectivity index (χ4n) is 2.63. The first-order valence-electron chi connectivity index (χ1n) is 8.14. The molecular formula is C18H19ClN4O2S. The molecule has 0 fully saturated rings. The molecule has 8 heteroatoms. The second kappa shape index (κ2) is 7.47. The van der Waals surface area contributed by atoms with Gasteiger partial charge in [-0.3, -0.25) is 14.7 Å². The maximum atomic E-state index is 12.6. The topological polar surface area (TPSA) is 79.8 Å². The summed E-state index contributed by atoms with van der Waals surface area (Å²) in [6.07, 6.45) is 0.556. The molecule has 2 heterocycles. The number of anilines is 1. The van der Waals surface area contributed by atoms with Crippen molar-refractivity contribution in [1.82, 2.24) is 14.8 Å². The van der Waals surface area contributed by atoms with Gasteiger partial charge >= 0.3 is 0 Å². The van der Waals surface area contributed by atoms with Crippen molar-refractivity contribution >= 4 is 34.5 Å². The molecule has 0 aliphatic rings. The number of thiazole rings is 1. The molecule has 136 valence electrons. The minimum absolute atomic E-state index is 0.160. The summed E-state index contributed by atoms with van der Waals surface area (Å²) >= 11 is 7.37. The second-order valence-corrected chi connectivity index (χ2v) is 7.41. The number of H-pyrrole nitrogens is 1. The van der Waals surface area contributed by atoms with Crippen molar-refractivity contribution in [2.75, 3.05) is 5.32 Å². The number of nitrogens with zero attached hydrogens (tertiary/aromatic N) is 2. The van der Waals surface area contributed by atoms with Crippen LogP contribution in [-0.4, -0.2) is 20.7 Å². The van der Waals surface area contributed by atoms with Gasteiger partial charge in [-0.15, -0.1) is 11.3 Å². The van der Waals surface area contributed by atoms with Crippen molar-refractivity contribution in [3.63, 3.8) is 0 Å². The lowest BCUT2D eigenvalue weighted by Gasteiger charge is -2.08. The van der Waals surface area contributed by atoms with Gasteiger partial charge in [0.05, 0.1) is 5.69 Å². The van der Waals surface area contributed by atoms with Gasteiger partial charge < -0.3 is 5.32 Å². The summed E-state index contributed by atoms with van der Waals surface area (Å²) in [6.45, 7) is 5.60. The van der Waals surface area contributed by atoms with Gasteiger partial charge in [-0.25, -0.2) is 4.98 Å². The Bertz CT molecular complexity index is 1020. The van der Waals surface area contributed by atoms with Crippen molar-refractivity contribution in [2.24, 2.45) is 0 Å². The highest BCUT2D eigenvalue weighted by molar-refractivity contribution is 7.12. The SMILES string of the molecule is Cc1csc(-n2[nH]c(C)c(CCC(=O)Nc3cc(Cl)ccc3C)c2=O)n1. The standard InChI is InChI=1S/C18H19ClN4O2S/c1-10-4-5-13(19)8-15(10)21-16(24)7-6-14-12(3)22-23(17(14)25)18-20-11(2)9-26-18/h4-5,8-9,22H,6-7H2,1-3H3,(H,21,24). The molecule has 0 atom stereocenters. The number of nitrogens with one attached hydrogen (secondary N) is 2. The molecule has 0 saturated carbocycles. The Hall–Kier alpha value is -2.38. The van der Waals surface area contributed by atoms with Gasteiger partial charge in [0.2, 0.25) is 11.0 Å². The third kappa shape index (κ3) is 3.89. The summed E-state index contributed by atoms with van der Waals surface area (Å²) in [6, 6.07) is 5.34. The van der Waals surface area contributed by atoms with Crippen LogP contribution in [-0.2, 0) is 11.2 Å². The number of amides is 1. The van der Waals surface area contributed by atoms with Crippen LogP contribution in [0.2, 0.25) is 5.02 Å². The number of aryl methyl sites for hydroxylation is 3. The largest absolute Gasteiger partial charge is 0.326 e. The summed E-state index contributed by atoms with van der Waals surface area (Å²) in [5.74, 6) is -0.160. The molecule has 3 aromatic rings. The van der Waals surface area contributed by atoms with Crippen LogP contribution >= 0.6 is 22.9 Å². The Morgan fingerprint density at radius 2 is 2.12 bits per heavy atom. The van der Waals surface area contributed by atoms with E-state index >= 15 is 0 Å². The summed E-state index contributed by atoms with van der Waals surface area (Å²) in [5.41, 5.74) is 3.65. The van der Waals surface area contributed by atoms with Crippen LogP contribution in [0.15, 0.2) is 28.4 Å². The van der Waals surface area contributed by atoms with Gasteiger partial charge in [-0.2, -0.15) is 4.68 Å². The fraction of sp³-hybridized carbons (Fsp3) is 0.278.